The molecule has 11 nitrogen and oxygen atoms in total. The van der Waals surface area contributed by atoms with E-state index in [1.54, 1.807) is 53.4 Å². The monoisotopic (exact) mass is 555 g/mol. The molecule has 5 rings (SSSR count). The van der Waals surface area contributed by atoms with Gasteiger partial charge in [0.2, 0.25) is 9.03 Å². The molecule has 13 heteroatoms. The summed E-state index contributed by atoms with van der Waals surface area (Å²) in [5.74, 6) is 0.390. The predicted octanol–water partition coefficient (Wildman–Crippen LogP) is 3.73. The van der Waals surface area contributed by atoms with Crippen LogP contribution in [0.1, 0.15) is 28.6 Å². The van der Waals surface area contributed by atoms with Crippen molar-refractivity contribution >= 4 is 49.8 Å². The van der Waals surface area contributed by atoms with Crippen molar-refractivity contribution in [2.45, 2.75) is 31.3 Å². The van der Waals surface area contributed by atoms with Crippen LogP contribution < -0.4 is 9.84 Å². The normalized spacial score (nSPS) is 19.3. The number of aliphatic hydroxyl groups is 1. The minimum atomic E-state index is -0.599. The van der Waals surface area contributed by atoms with Crippen molar-refractivity contribution < 1.29 is 28.5 Å². The van der Waals surface area contributed by atoms with Gasteiger partial charge in [0, 0.05) is 18.4 Å². The Morgan fingerprint density at radius 1 is 1.24 bits per heavy atom. The van der Waals surface area contributed by atoms with E-state index in [9.17, 15) is 14.7 Å². The van der Waals surface area contributed by atoms with Gasteiger partial charge in [-0.15, -0.1) is 0 Å². The molecule has 0 spiro atoms. The number of nitrogens with zero attached hydrogens (tertiary/aromatic N) is 4. The Morgan fingerprint density at radius 3 is 2.84 bits per heavy atom. The Balaban J connectivity index is 1.25. The van der Waals surface area contributed by atoms with Crippen molar-refractivity contribution in [1.29, 1.82) is 0 Å². The third-order valence-corrected chi connectivity index (χ3v) is 6.96. The number of carbonyl (C=O) groups excluding carboxylic acids is 2. The number of hydrogen-bond acceptors (Lipinski definition) is 9. The Hall–Kier alpha value is -3.47. The molecule has 0 aliphatic carbocycles. The Bertz CT molecular complexity index is 1440. The molecule has 1 amide bonds. The molecule has 1 fully saturated rings. The predicted molar refractivity (Wildman–Crippen MR) is 140 cm³/mol. The number of halogens is 1. The van der Waals surface area contributed by atoms with Crippen LogP contribution in [0.3, 0.4) is 0 Å². The van der Waals surface area contributed by atoms with Gasteiger partial charge in [-0.05, 0) is 29.8 Å². The summed E-state index contributed by atoms with van der Waals surface area (Å²) < 4.78 is 19.3. The average molecular weight is 556 g/mol. The van der Waals surface area contributed by atoms with E-state index in [0.717, 1.165) is 11.8 Å². The lowest BCUT2D eigenvalue weighted by molar-refractivity contribution is -0.107. The number of benzene rings is 2. The van der Waals surface area contributed by atoms with Gasteiger partial charge >= 0.3 is 0 Å². The molecule has 2 N–H and O–H groups in total. The first-order valence-corrected chi connectivity index (χ1v) is 12.9. The molecular formula is C25H23ClN5O6P. The van der Waals surface area contributed by atoms with Gasteiger partial charge in [-0.1, -0.05) is 35.9 Å². The first-order valence-electron chi connectivity index (χ1n) is 11.7. The molecule has 1 aliphatic rings. The Labute approximate surface area is 224 Å². The smallest absolute Gasteiger partial charge is 0.256 e. The number of ether oxygens (including phenoxy) is 1. The molecule has 0 saturated carbocycles. The maximum Gasteiger partial charge on any atom is 0.256 e. The van der Waals surface area contributed by atoms with Crippen molar-refractivity contribution in [2.75, 3.05) is 11.9 Å². The zero-order valence-corrected chi connectivity index (χ0v) is 21.6. The summed E-state index contributed by atoms with van der Waals surface area (Å²) in [5, 5.41) is 13.0. The maximum absolute atomic E-state index is 12.6. The lowest BCUT2D eigenvalue weighted by Crippen LogP contribution is -2.25. The van der Waals surface area contributed by atoms with Crippen LogP contribution in [0.2, 0.25) is 5.02 Å². The van der Waals surface area contributed by atoms with E-state index < -0.39 is 27.5 Å². The van der Waals surface area contributed by atoms with Crippen molar-refractivity contribution in [1.82, 2.24) is 19.5 Å². The number of amides is 1. The van der Waals surface area contributed by atoms with Crippen LogP contribution in [-0.4, -0.2) is 55.6 Å². The highest BCUT2D eigenvalue weighted by molar-refractivity contribution is 7.26. The molecule has 0 bridgehead atoms. The zero-order valence-electron chi connectivity index (χ0n) is 19.9. The fourth-order valence-electron chi connectivity index (χ4n) is 4.06. The number of fused-ring (bicyclic) bond motifs is 1. The first kappa shape index (κ1) is 26.1. The van der Waals surface area contributed by atoms with Crippen LogP contribution in [0.25, 0.3) is 11.2 Å². The largest absolute Gasteiger partial charge is 0.448 e. The molecule has 196 valence electrons. The molecule has 4 aromatic rings. The van der Waals surface area contributed by atoms with Crippen LogP contribution in [0.5, 0.6) is 5.75 Å². The minimum absolute atomic E-state index is 0.257. The van der Waals surface area contributed by atoms with Crippen LogP contribution in [0, 0.1) is 0 Å². The molecule has 2 aromatic carbocycles. The van der Waals surface area contributed by atoms with E-state index in [-0.39, 0.29) is 24.8 Å². The summed E-state index contributed by atoms with van der Waals surface area (Å²) in [7, 11) is -0.399. The van der Waals surface area contributed by atoms with Gasteiger partial charge in [-0.3, -0.25) is 9.36 Å². The first-order chi connectivity index (χ1) is 18.6. The van der Waals surface area contributed by atoms with E-state index in [2.05, 4.69) is 20.3 Å². The SMILES string of the molecule is O=CCc1ccc(OPO[C@H]2CC(n3cnc4c(NC(=O)c5ccccc5)ncnc43)OC2CO)c(Cl)c1. The number of aliphatic hydroxyl groups excluding tert-OH is 1. The summed E-state index contributed by atoms with van der Waals surface area (Å²) in [5.41, 5.74) is 2.15. The standard InChI is InChI=1S/C25H23ClN5O6P/c26-17-10-15(8-9-32)6-7-18(17)36-38-37-19-11-21(35-20(19)12-33)31-14-29-22-23(27-13-28-24(22)31)30-25(34)16-4-2-1-3-5-16/h1-7,9-10,13-14,19-21,33,38H,8,11-12H2,(H,27,28,30,34)/t19-,20?,21?/m0/s1. The van der Waals surface area contributed by atoms with Crippen LogP contribution in [-0.2, 0) is 20.5 Å². The summed E-state index contributed by atoms with van der Waals surface area (Å²) >= 11 is 6.24. The van der Waals surface area contributed by atoms with Gasteiger partial charge < -0.3 is 29.0 Å². The molecule has 3 heterocycles. The topological polar surface area (TPSA) is 138 Å². The number of nitrogens with one attached hydrogen (secondary N) is 1. The molecule has 2 aromatic heterocycles. The van der Waals surface area contributed by atoms with Crippen LogP contribution in [0.4, 0.5) is 5.82 Å². The van der Waals surface area contributed by atoms with E-state index in [1.807, 2.05) is 6.07 Å². The second kappa shape index (κ2) is 11.9. The fourth-order valence-corrected chi connectivity index (χ4v) is 5.06. The second-order valence-corrected chi connectivity index (χ2v) is 9.40. The van der Waals surface area contributed by atoms with Gasteiger partial charge in [-0.25, -0.2) is 15.0 Å². The van der Waals surface area contributed by atoms with Gasteiger partial charge in [0.1, 0.15) is 30.7 Å². The Kier molecular flexibility index (Phi) is 8.21. The highest BCUT2D eigenvalue weighted by atomic mass is 35.5. The third kappa shape index (κ3) is 5.67. The molecule has 1 saturated heterocycles. The molecule has 1 aliphatic heterocycles. The third-order valence-electron chi connectivity index (χ3n) is 5.96. The van der Waals surface area contributed by atoms with Crippen LogP contribution in [0.15, 0.2) is 61.2 Å². The number of carbonyl (C=O) groups is 2. The van der Waals surface area contributed by atoms with Crippen molar-refractivity contribution in [3.8, 4) is 5.75 Å². The number of aldehydes is 1. The number of imidazole rings is 1. The lowest BCUT2D eigenvalue weighted by atomic mass is 10.2. The molecule has 4 atom stereocenters. The van der Waals surface area contributed by atoms with Crippen molar-refractivity contribution in [3.63, 3.8) is 0 Å². The number of rotatable bonds is 10. The van der Waals surface area contributed by atoms with Crippen molar-refractivity contribution in [2.24, 2.45) is 0 Å². The van der Waals surface area contributed by atoms with E-state index in [1.165, 1.54) is 6.33 Å². The fraction of sp³-hybridized carbons (Fsp3) is 0.240. The minimum Gasteiger partial charge on any atom is -0.448 e. The average Bonchev–Trinajstić information content (AvgIpc) is 3.55. The van der Waals surface area contributed by atoms with E-state index >= 15 is 0 Å². The van der Waals surface area contributed by atoms with Gasteiger partial charge in [0.05, 0.1) is 24.1 Å². The van der Waals surface area contributed by atoms with Gasteiger partial charge in [0.25, 0.3) is 5.91 Å². The summed E-state index contributed by atoms with van der Waals surface area (Å²) in [6.07, 6.45) is 2.78. The lowest BCUT2D eigenvalue weighted by Gasteiger charge is -2.16. The highest BCUT2D eigenvalue weighted by Gasteiger charge is 2.38. The second-order valence-electron chi connectivity index (χ2n) is 8.39. The van der Waals surface area contributed by atoms with Gasteiger partial charge in [-0.2, -0.15) is 0 Å². The summed E-state index contributed by atoms with van der Waals surface area (Å²) in [6.45, 7) is -0.257. The molecular weight excluding hydrogens is 533 g/mol. The van der Waals surface area contributed by atoms with Gasteiger partial charge in [0.15, 0.2) is 17.0 Å². The summed E-state index contributed by atoms with van der Waals surface area (Å²) in [4.78, 5) is 36.2. The van der Waals surface area contributed by atoms with E-state index in [0.29, 0.717) is 33.9 Å². The highest BCUT2D eigenvalue weighted by Crippen LogP contribution is 2.38. The van der Waals surface area contributed by atoms with E-state index in [4.69, 9.17) is 25.4 Å². The maximum atomic E-state index is 12.6. The number of anilines is 1. The molecule has 0 radical (unpaired) electrons. The molecule has 3 unspecified atom stereocenters. The number of aromatic nitrogens is 4. The Morgan fingerprint density at radius 2 is 2.08 bits per heavy atom. The summed E-state index contributed by atoms with van der Waals surface area (Å²) in [6, 6.07) is 13.9. The van der Waals surface area contributed by atoms with Crippen LogP contribution >= 0.6 is 20.6 Å². The molecule has 38 heavy (non-hydrogen) atoms. The zero-order chi connectivity index (χ0) is 26.5. The van der Waals surface area contributed by atoms with Crippen molar-refractivity contribution in [3.05, 3.63) is 77.3 Å². The number of hydrogen-bond donors (Lipinski definition) is 2. The quantitative estimate of drug-likeness (QED) is 0.221.